The molecule has 1 radical (unpaired) electrons. The van der Waals surface area contributed by atoms with Crippen LogP contribution in [-0.4, -0.2) is 19.7 Å². The van der Waals surface area contributed by atoms with Crippen molar-refractivity contribution in [1.82, 2.24) is 14.8 Å². The zero-order chi connectivity index (χ0) is 10.8. The molecule has 0 amide bonds. The van der Waals surface area contributed by atoms with Crippen LogP contribution in [0, 0.1) is 16.3 Å². The maximum absolute atomic E-state index is 10.7. The van der Waals surface area contributed by atoms with Crippen molar-refractivity contribution in [1.29, 1.82) is 0 Å². The molecule has 2 heterocycles. The van der Waals surface area contributed by atoms with Crippen LogP contribution in [0.3, 0.4) is 0 Å². The minimum absolute atomic E-state index is 0.0920. The van der Waals surface area contributed by atoms with E-state index in [1.165, 1.54) is 24.4 Å². The minimum Gasteiger partial charge on any atom is -0.258 e. The molecule has 6 nitrogen and oxygen atoms in total. The summed E-state index contributed by atoms with van der Waals surface area (Å²) in [6.07, 6.45) is 4.06. The zero-order valence-electron chi connectivity index (χ0n) is 7.29. The van der Waals surface area contributed by atoms with Gasteiger partial charge in [0.15, 0.2) is 5.15 Å². The average molecular weight is 224 g/mol. The Hall–Kier alpha value is -1.95. The Labute approximate surface area is 89.3 Å². The van der Waals surface area contributed by atoms with E-state index in [9.17, 15) is 10.1 Å². The van der Waals surface area contributed by atoms with E-state index in [-0.39, 0.29) is 16.7 Å². The van der Waals surface area contributed by atoms with Crippen LogP contribution < -0.4 is 0 Å². The molecule has 15 heavy (non-hydrogen) atoms. The van der Waals surface area contributed by atoms with Gasteiger partial charge in [0.05, 0.1) is 11.1 Å². The lowest BCUT2D eigenvalue weighted by Crippen LogP contribution is -2.03. The Kier molecular flexibility index (Phi) is 2.34. The number of nitrogens with zero attached hydrogens (tertiary/aromatic N) is 4. The molecule has 0 aliphatic rings. The number of hydrogen-bond donors (Lipinski definition) is 0. The second-order valence-electron chi connectivity index (χ2n) is 2.61. The minimum atomic E-state index is -0.536. The first-order valence-electron chi connectivity index (χ1n) is 3.91. The van der Waals surface area contributed by atoms with E-state index < -0.39 is 4.92 Å². The number of hydrogen-bond acceptors (Lipinski definition) is 4. The van der Waals surface area contributed by atoms with Crippen molar-refractivity contribution >= 4 is 17.3 Å². The highest BCUT2D eigenvalue weighted by Crippen LogP contribution is 2.19. The summed E-state index contributed by atoms with van der Waals surface area (Å²) in [5.74, 6) is 0.0920. The lowest BCUT2D eigenvalue weighted by Gasteiger charge is -1.99. The third-order valence-corrected chi connectivity index (χ3v) is 1.85. The topological polar surface area (TPSA) is 73.8 Å². The van der Waals surface area contributed by atoms with Crippen LogP contribution in [0.1, 0.15) is 0 Å². The number of pyridine rings is 1. The molecular formula is C8H4ClN4O2. The van der Waals surface area contributed by atoms with Gasteiger partial charge < -0.3 is 0 Å². The lowest BCUT2D eigenvalue weighted by molar-refractivity contribution is -0.384. The van der Waals surface area contributed by atoms with Crippen molar-refractivity contribution in [2.24, 2.45) is 0 Å². The van der Waals surface area contributed by atoms with Crippen LogP contribution >= 0.6 is 11.6 Å². The molecule has 2 aromatic rings. The summed E-state index contributed by atoms with van der Waals surface area (Å²) in [6, 6.07) is 4.22. The predicted octanol–water partition coefficient (Wildman–Crippen LogP) is 1.63. The summed E-state index contributed by atoms with van der Waals surface area (Å²) >= 11 is 5.58. The summed E-state index contributed by atoms with van der Waals surface area (Å²) in [7, 11) is 0. The van der Waals surface area contributed by atoms with Crippen LogP contribution in [0.4, 0.5) is 5.69 Å². The van der Waals surface area contributed by atoms with Gasteiger partial charge >= 0.3 is 5.69 Å². The Balaban J connectivity index is 2.57. The fourth-order valence-corrected chi connectivity index (χ4v) is 1.19. The van der Waals surface area contributed by atoms with Crippen molar-refractivity contribution in [2.75, 3.05) is 0 Å². The quantitative estimate of drug-likeness (QED) is 0.573. The third kappa shape index (κ3) is 1.79. The molecule has 2 aromatic heterocycles. The van der Waals surface area contributed by atoms with E-state index in [1.807, 2.05) is 0 Å². The Morgan fingerprint density at radius 2 is 2.40 bits per heavy atom. The van der Waals surface area contributed by atoms with E-state index in [1.54, 1.807) is 0 Å². The SMILES string of the molecule is O=[N+]([O-])c1cccnc1-n1[c]cc(Cl)n1. The monoisotopic (exact) mass is 223 g/mol. The molecule has 0 spiro atoms. The van der Waals surface area contributed by atoms with E-state index >= 15 is 0 Å². The van der Waals surface area contributed by atoms with Gasteiger partial charge in [-0.3, -0.25) is 10.1 Å². The Bertz CT molecular complexity index is 511. The highest BCUT2D eigenvalue weighted by atomic mass is 35.5. The molecule has 0 saturated carbocycles. The van der Waals surface area contributed by atoms with Gasteiger partial charge in [0.2, 0.25) is 5.82 Å². The summed E-state index contributed by atoms with van der Waals surface area (Å²) in [5.41, 5.74) is -0.145. The van der Waals surface area contributed by atoms with Gasteiger partial charge in [-0.2, -0.15) is 5.10 Å². The summed E-state index contributed by atoms with van der Waals surface area (Å²) in [5, 5.41) is 14.7. The van der Waals surface area contributed by atoms with Crippen molar-refractivity contribution in [2.45, 2.75) is 0 Å². The van der Waals surface area contributed by atoms with Gasteiger partial charge in [0.1, 0.15) is 0 Å². The Morgan fingerprint density at radius 1 is 1.60 bits per heavy atom. The molecule has 0 aromatic carbocycles. The first-order chi connectivity index (χ1) is 7.18. The largest absolute Gasteiger partial charge is 0.313 e. The molecule has 2 rings (SSSR count). The van der Waals surface area contributed by atoms with Gasteiger partial charge in [-0.1, -0.05) is 11.6 Å². The van der Waals surface area contributed by atoms with Crippen LogP contribution in [0.15, 0.2) is 24.4 Å². The van der Waals surface area contributed by atoms with Gasteiger partial charge in [-0.15, -0.1) is 0 Å². The fourth-order valence-electron chi connectivity index (χ4n) is 1.07. The smallest absolute Gasteiger partial charge is 0.258 e. The molecule has 0 N–H and O–H groups in total. The molecular weight excluding hydrogens is 220 g/mol. The van der Waals surface area contributed by atoms with E-state index in [0.29, 0.717) is 0 Å². The standard InChI is InChI=1S/C8H4ClN4O2/c9-7-3-5-12(11-7)8-6(13(14)15)2-1-4-10-8/h1-4H. The molecule has 0 aliphatic heterocycles. The fraction of sp³-hybridized carbons (Fsp3) is 0. The molecule has 0 aliphatic carbocycles. The molecule has 0 fully saturated rings. The summed E-state index contributed by atoms with van der Waals surface area (Å²) in [4.78, 5) is 14.0. The van der Waals surface area contributed by atoms with Crippen molar-refractivity contribution < 1.29 is 4.92 Å². The predicted molar refractivity (Wildman–Crippen MR) is 51.9 cm³/mol. The molecule has 0 saturated heterocycles. The van der Waals surface area contributed by atoms with Gasteiger partial charge in [0, 0.05) is 18.3 Å². The number of halogens is 1. The maximum Gasteiger partial charge on any atom is 0.313 e. The summed E-state index contributed by atoms with van der Waals surface area (Å²) < 4.78 is 1.14. The second-order valence-corrected chi connectivity index (χ2v) is 3.00. The Morgan fingerprint density at radius 3 is 3.00 bits per heavy atom. The third-order valence-electron chi connectivity index (χ3n) is 1.66. The van der Waals surface area contributed by atoms with E-state index in [0.717, 1.165) is 4.68 Å². The highest BCUT2D eigenvalue weighted by molar-refractivity contribution is 6.29. The highest BCUT2D eigenvalue weighted by Gasteiger charge is 2.16. The molecule has 0 atom stereocenters. The first-order valence-corrected chi connectivity index (χ1v) is 4.29. The first kappa shape index (κ1) is 9.60. The molecule has 75 valence electrons. The normalized spacial score (nSPS) is 10.2. The van der Waals surface area contributed by atoms with Crippen LogP contribution in [0.2, 0.25) is 5.15 Å². The average Bonchev–Trinajstić information content (AvgIpc) is 2.65. The van der Waals surface area contributed by atoms with Crippen molar-refractivity contribution in [3.63, 3.8) is 0 Å². The second kappa shape index (κ2) is 3.66. The van der Waals surface area contributed by atoms with E-state index in [4.69, 9.17) is 11.6 Å². The van der Waals surface area contributed by atoms with Crippen molar-refractivity contribution in [3.8, 4) is 5.82 Å². The number of rotatable bonds is 2. The number of aromatic nitrogens is 3. The molecule has 0 bridgehead atoms. The zero-order valence-corrected chi connectivity index (χ0v) is 8.05. The van der Waals surface area contributed by atoms with Crippen LogP contribution in [0.5, 0.6) is 0 Å². The van der Waals surface area contributed by atoms with Gasteiger partial charge in [-0.05, 0) is 6.07 Å². The van der Waals surface area contributed by atoms with Crippen molar-refractivity contribution in [3.05, 3.63) is 45.9 Å². The van der Waals surface area contributed by atoms with Crippen LogP contribution in [-0.2, 0) is 0 Å². The number of nitro groups is 1. The molecule has 7 heteroatoms. The van der Waals surface area contributed by atoms with Gasteiger partial charge in [0.25, 0.3) is 0 Å². The molecule has 0 unspecified atom stereocenters. The maximum atomic E-state index is 10.7. The summed E-state index contributed by atoms with van der Waals surface area (Å²) in [6.45, 7) is 0. The lowest BCUT2D eigenvalue weighted by atomic mass is 10.4. The van der Waals surface area contributed by atoms with Gasteiger partial charge in [-0.25, -0.2) is 9.67 Å². The van der Waals surface area contributed by atoms with E-state index in [2.05, 4.69) is 16.3 Å². The van der Waals surface area contributed by atoms with Crippen LogP contribution in [0.25, 0.3) is 5.82 Å².